The molecule has 1 N–H and O–H groups in total. The topological polar surface area (TPSA) is 59.7 Å². The molecule has 126 valence electrons. The van der Waals surface area contributed by atoms with E-state index in [0.29, 0.717) is 14.1 Å². The molecule has 0 spiro atoms. The zero-order valence-electron chi connectivity index (χ0n) is 11.4. The van der Waals surface area contributed by atoms with Gasteiger partial charge in [-0.05, 0) is 24.3 Å². The number of fused-ring (bicyclic) bond motifs is 1. The molecular formula is C14H6BrF3O4S2. The van der Waals surface area contributed by atoms with Crippen LogP contribution >= 0.6 is 39.0 Å². The minimum Gasteiger partial charge on any atom is -0.508 e. The van der Waals surface area contributed by atoms with Crippen molar-refractivity contribution in [2.24, 2.45) is 0 Å². The van der Waals surface area contributed by atoms with Gasteiger partial charge in [0.2, 0.25) is 0 Å². The molecule has 0 unspecified atom stereocenters. The van der Waals surface area contributed by atoms with E-state index in [9.17, 15) is 23.1 Å². The molecule has 0 amide bonds. The van der Waals surface area contributed by atoms with Gasteiger partial charge in [0.25, 0.3) is 0 Å². The van der Waals surface area contributed by atoms with Crippen LogP contribution in [0.5, 0.6) is 11.5 Å². The monoisotopic (exact) mass is 438 g/mol. The van der Waals surface area contributed by atoms with Crippen molar-refractivity contribution in [1.82, 2.24) is 0 Å². The van der Waals surface area contributed by atoms with Crippen LogP contribution in [0.1, 0.15) is 0 Å². The molecule has 0 aliphatic rings. The maximum absolute atomic E-state index is 12.6. The molecule has 2 aromatic carbocycles. The normalized spacial score (nSPS) is 11.8. The molecule has 3 aromatic rings. The summed E-state index contributed by atoms with van der Waals surface area (Å²) in [6.07, 6.45) is -4.85. The summed E-state index contributed by atoms with van der Waals surface area (Å²) in [7, 11) is 0. The van der Waals surface area contributed by atoms with E-state index in [1.807, 2.05) is 0 Å². The zero-order valence-corrected chi connectivity index (χ0v) is 14.6. The fourth-order valence-corrected chi connectivity index (χ4v) is 4.03. The standard InChI is InChI=1S/C14H6BrF3O4S2/c15-6-1-2-9(8(3-6)22-14(16,17)18)23-10-4-7(19)5-11-12(10)21-13(20)24-11/h1-5,19H. The van der Waals surface area contributed by atoms with Gasteiger partial charge in [-0.2, -0.15) is 0 Å². The lowest BCUT2D eigenvalue weighted by Gasteiger charge is -2.13. The van der Waals surface area contributed by atoms with E-state index in [1.165, 1.54) is 24.3 Å². The van der Waals surface area contributed by atoms with Crippen LogP contribution in [-0.4, -0.2) is 11.5 Å². The van der Waals surface area contributed by atoms with E-state index in [0.717, 1.165) is 23.1 Å². The Labute approximate surface area is 149 Å². The summed E-state index contributed by atoms with van der Waals surface area (Å²) in [4.78, 5) is 11.3. The van der Waals surface area contributed by atoms with Gasteiger partial charge in [0.15, 0.2) is 5.58 Å². The molecule has 0 radical (unpaired) electrons. The summed E-state index contributed by atoms with van der Waals surface area (Å²) in [5.74, 6) is -0.534. The number of rotatable bonds is 3. The van der Waals surface area contributed by atoms with Crippen molar-refractivity contribution in [3.05, 3.63) is 44.5 Å². The smallest absolute Gasteiger partial charge is 0.508 e. The quantitative estimate of drug-likeness (QED) is 0.595. The first-order chi connectivity index (χ1) is 11.2. The average Bonchev–Trinajstić information content (AvgIpc) is 2.80. The summed E-state index contributed by atoms with van der Waals surface area (Å²) in [5, 5.41) is 9.73. The van der Waals surface area contributed by atoms with Crippen LogP contribution in [0.3, 0.4) is 0 Å². The fourth-order valence-electron chi connectivity index (χ4n) is 1.90. The molecule has 24 heavy (non-hydrogen) atoms. The molecule has 0 saturated carbocycles. The highest BCUT2D eigenvalue weighted by Crippen LogP contribution is 2.42. The first-order valence-corrected chi connectivity index (χ1v) is 8.64. The van der Waals surface area contributed by atoms with Gasteiger partial charge in [0.05, 0.1) is 14.5 Å². The van der Waals surface area contributed by atoms with Crippen molar-refractivity contribution in [2.75, 3.05) is 0 Å². The number of halogens is 4. The van der Waals surface area contributed by atoms with Crippen LogP contribution < -0.4 is 9.68 Å². The van der Waals surface area contributed by atoms with Gasteiger partial charge in [0, 0.05) is 10.5 Å². The molecule has 1 aromatic heterocycles. The predicted molar refractivity (Wildman–Crippen MR) is 87.0 cm³/mol. The summed E-state index contributed by atoms with van der Waals surface area (Å²) >= 11 is 4.77. The Morgan fingerprint density at radius 2 is 1.96 bits per heavy atom. The molecule has 0 aliphatic carbocycles. The van der Waals surface area contributed by atoms with E-state index in [4.69, 9.17) is 4.42 Å². The SMILES string of the molecule is O=c1oc2c(Sc3ccc(Br)cc3OC(F)(F)F)cc(O)cc2s1. The van der Waals surface area contributed by atoms with E-state index < -0.39 is 17.1 Å². The number of hydrogen-bond donors (Lipinski definition) is 1. The highest BCUT2D eigenvalue weighted by molar-refractivity contribution is 9.10. The summed E-state index contributed by atoms with van der Waals surface area (Å²) in [6.45, 7) is 0. The predicted octanol–water partition coefficient (Wildman–Crippen LogP) is 5.37. The van der Waals surface area contributed by atoms with Crippen molar-refractivity contribution in [3.63, 3.8) is 0 Å². The Balaban J connectivity index is 2.07. The highest BCUT2D eigenvalue weighted by Gasteiger charge is 2.32. The molecule has 0 fully saturated rings. The fraction of sp³-hybridized carbons (Fsp3) is 0.0714. The zero-order chi connectivity index (χ0) is 17.5. The Kier molecular flexibility index (Phi) is 4.54. The lowest BCUT2D eigenvalue weighted by atomic mass is 10.3. The first-order valence-electron chi connectivity index (χ1n) is 6.21. The second-order valence-corrected chi connectivity index (χ2v) is 7.44. The molecule has 3 rings (SSSR count). The Morgan fingerprint density at radius 3 is 2.67 bits per heavy atom. The largest absolute Gasteiger partial charge is 0.573 e. The highest BCUT2D eigenvalue weighted by atomic mass is 79.9. The lowest BCUT2D eigenvalue weighted by molar-refractivity contribution is -0.275. The van der Waals surface area contributed by atoms with E-state index in [2.05, 4.69) is 20.7 Å². The second kappa shape index (κ2) is 6.34. The third-order valence-electron chi connectivity index (χ3n) is 2.74. The van der Waals surface area contributed by atoms with E-state index >= 15 is 0 Å². The van der Waals surface area contributed by atoms with Crippen LogP contribution in [0, 0.1) is 0 Å². The second-order valence-electron chi connectivity index (χ2n) is 4.47. The number of phenolic OH excluding ortho intramolecular Hbond substituents is 1. The van der Waals surface area contributed by atoms with Gasteiger partial charge >= 0.3 is 11.3 Å². The molecule has 1 heterocycles. The van der Waals surface area contributed by atoms with E-state index in [-0.39, 0.29) is 16.2 Å². The lowest BCUT2D eigenvalue weighted by Crippen LogP contribution is -2.17. The molecule has 10 heteroatoms. The number of hydrogen-bond acceptors (Lipinski definition) is 6. The van der Waals surface area contributed by atoms with Gasteiger partial charge in [-0.25, -0.2) is 4.79 Å². The Morgan fingerprint density at radius 1 is 1.21 bits per heavy atom. The van der Waals surface area contributed by atoms with Crippen LogP contribution in [-0.2, 0) is 0 Å². The summed E-state index contributed by atoms with van der Waals surface area (Å²) in [6, 6.07) is 6.82. The first kappa shape index (κ1) is 17.2. The number of aromatic hydroxyl groups is 1. The number of benzene rings is 2. The van der Waals surface area contributed by atoms with Crippen molar-refractivity contribution >= 4 is 49.3 Å². The molecule has 0 bridgehead atoms. The van der Waals surface area contributed by atoms with Gasteiger partial charge < -0.3 is 14.3 Å². The van der Waals surface area contributed by atoms with Crippen LogP contribution in [0.25, 0.3) is 10.3 Å². The van der Waals surface area contributed by atoms with Crippen molar-refractivity contribution in [2.45, 2.75) is 16.2 Å². The molecule has 0 atom stereocenters. The van der Waals surface area contributed by atoms with Crippen molar-refractivity contribution in [3.8, 4) is 11.5 Å². The maximum Gasteiger partial charge on any atom is 0.573 e. The Hall–Kier alpha value is -1.65. The van der Waals surface area contributed by atoms with Gasteiger partial charge in [-0.15, -0.1) is 13.2 Å². The molecule has 0 aliphatic heterocycles. The number of phenols is 1. The maximum atomic E-state index is 12.6. The molecule has 4 nitrogen and oxygen atoms in total. The number of ether oxygens (including phenoxy) is 1. The van der Waals surface area contributed by atoms with E-state index in [1.54, 1.807) is 6.07 Å². The Bertz CT molecular complexity index is 965. The van der Waals surface area contributed by atoms with Gasteiger partial charge in [-0.1, -0.05) is 39.0 Å². The average molecular weight is 439 g/mol. The third-order valence-corrected chi connectivity index (χ3v) is 5.08. The molecule has 0 saturated heterocycles. The van der Waals surface area contributed by atoms with Crippen molar-refractivity contribution < 1.29 is 27.4 Å². The minimum absolute atomic E-state index is 0.127. The van der Waals surface area contributed by atoms with Crippen LogP contribution in [0.2, 0.25) is 0 Å². The van der Waals surface area contributed by atoms with Crippen molar-refractivity contribution in [1.29, 1.82) is 0 Å². The molecular weight excluding hydrogens is 433 g/mol. The van der Waals surface area contributed by atoms with Gasteiger partial charge in [-0.3, -0.25) is 0 Å². The van der Waals surface area contributed by atoms with Crippen LogP contribution in [0.15, 0.2) is 53.8 Å². The van der Waals surface area contributed by atoms with Crippen LogP contribution in [0.4, 0.5) is 13.2 Å². The summed E-state index contributed by atoms with van der Waals surface area (Å²) in [5.41, 5.74) is 0.202. The minimum atomic E-state index is -4.85. The third kappa shape index (κ3) is 3.87. The summed E-state index contributed by atoms with van der Waals surface area (Å²) < 4.78 is 47.6. The van der Waals surface area contributed by atoms with Gasteiger partial charge in [0.1, 0.15) is 11.5 Å². The number of alkyl halides is 3.